The maximum absolute atomic E-state index is 6.17. The smallest absolute Gasteiger partial charge is 0.135 e. The van der Waals surface area contributed by atoms with Gasteiger partial charge in [0.15, 0.2) is 0 Å². The molecule has 0 amide bonds. The van der Waals surface area contributed by atoms with E-state index in [2.05, 4.69) is 217 Å². The first-order chi connectivity index (χ1) is 28.3. The molecule has 11 rings (SSSR count). The van der Waals surface area contributed by atoms with E-state index in [0.29, 0.717) is 0 Å². The third-order valence-electron chi connectivity index (χ3n) is 11.8. The van der Waals surface area contributed by atoms with Crippen LogP contribution in [0.3, 0.4) is 0 Å². The molecular formula is C55H37NO. The van der Waals surface area contributed by atoms with Crippen molar-refractivity contribution in [3.05, 3.63) is 247 Å². The number of hydrogen-bond acceptors (Lipinski definition) is 2. The zero-order valence-corrected chi connectivity index (χ0v) is 31.2. The van der Waals surface area contributed by atoms with E-state index in [0.717, 1.165) is 50.1 Å². The van der Waals surface area contributed by atoms with Gasteiger partial charge in [-0.25, -0.2) is 0 Å². The van der Waals surface area contributed by atoms with E-state index < -0.39 is 5.41 Å². The summed E-state index contributed by atoms with van der Waals surface area (Å²) >= 11 is 0. The summed E-state index contributed by atoms with van der Waals surface area (Å²) in [5, 5.41) is 2.26. The Bertz CT molecular complexity index is 3010. The molecule has 0 radical (unpaired) electrons. The number of benzene rings is 9. The van der Waals surface area contributed by atoms with Gasteiger partial charge in [-0.15, -0.1) is 0 Å². The summed E-state index contributed by atoms with van der Waals surface area (Å²) < 4.78 is 6.17. The summed E-state index contributed by atoms with van der Waals surface area (Å²) in [4.78, 5) is 2.37. The highest BCUT2D eigenvalue weighted by atomic mass is 16.3. The quantitative estimate of drug-likeness (QED) is 0.163. The van der Waals surface area contributed by atoms with E-state index >= 15 is 0 Å². The van der Waals surface area contributed by atoms with Crippen LogP contribution in [0.25, 0.3) is 55.3 Å². The molecule has 2 nitrogen and oxygen atoms in total. The Labute approximate surface area is 332 Å². The molecule has 0 unspecified atom stereocenters. The van der Waals surface area contributed by atoms with Crippen molar-refractivity contribution in [2.75, 3.05) is 4.90 Å². The first kappa shape index (κ1) is 33.0. The highest BCUT2D eigenvalue weighted by molar-refractivity contribution is 6.06. The number of nitrogens with zero attached hydrogens (tertiary/aromatic N) is 1. The van der Waals surface area contributed by atoms with Gasteiger partial charge in [0, 0.05) is 27.8 Å². The van der Waals surface area contributed by atoms with Gasteiger partial charge in [0.2, 0.25) is 0 Å². The van der Waals surface area contributed by atoms with Gasteiger partial charge in [-0.1, -0.05) is 170 Å². The monoisotopic (exact) mass is 727 g/mol. The third-order valence-corrected chi connectivity index (χ3v) is 11.8. The van der Waals surface area contributed by atoms with Crippen LogP contribution in [-0.4, -0.2) is 0 Å². The molecule has 1 aromatic heterocycles. The zero-order valence-electron chi connectivity index (χ0n) is 31.2. The van der Waals surface area contributed by atoms with Crippen molar-refractivity contribution in [3.63, 3.8) is 0 Å². The summed E-state index contributed by atoms with van der Waals surface area (Å²) in [6.45, 7) is 0. The second-order valence-corrected chi connectivity index (χ2v) is 14.9. The number of rotatable bonds is 7. The van der Waals surface area contributed by atoms with Crippen LogP contribution in [0.4, 0.5) is 17.1 Å². The van der Waals surface area contributed by atoms with E-state index in [-0.39, 0.29) is 0 Å². The van der Waals surface area contributed by atoms with Crippen LogP contribution in [0.15, 0.2) is 229 Å². The predicted octanol–water partition coefficient (Wildman–Crippen LogP) is 14.8. The van der Waals surface area contributed by atoms with Crippen molar-refractivity contribution in [1.82, 2.24) is 0 Å². The summed E-state index contributed by atoms with van der Waals surface area (Å²) in [7, 11) is 0. The molecule has 0 aliphatic heterocycles. The highest BCUT2D eigenvalue weighted by Crippen LogP contribution is 2.56. The van der Waals surface area contributed by atoms with Crippen molar-refractivity contribution in [3.8, 4) is 33.4 Å². The van der Waals surface area contributed by atoms with Crippen LogP contribution < -0.4 is 4.90 Å². The Balaban J connectivity index is 1.06. The molecule has 268 valence electrons. The van der Waals surface area contributed by atoms with Crippen LogP contribution in [-0.2, 0) is 5.41 Å². The molecule has 1 aliphatic rings. The van der Waals surface area contributed by atoms with Gasteiger partial charge in [0.25, 0.3) is 0 Å². The van der Waals surface area contributed by atoms with Crippen LogP contribution in [0.5, 0.6) is 0 Å². The maximum atomic E-state index is 6.17. The van der Waals surface area contributed by atoms with Crippen LogP contribution >= 0.6 is 0 Å². The molecule has 9 aromatic carbocycles. The Morgan fingerprint density at radius 3 is 1.54 bits per heavy atom. The van der Waals surface area contributed by atoms with E-state index in [1.54, 1.807) is 0 Å². The SMILES string of the molecule is c1ccc(-c2ccc(N(c3ccc(C4(c5ccccc5)c5ccccc5-c5ccccc54)cc3)c3cccc(-c4ccc5oc6ccccc6c5c4)c3)cc2)cc1. The maximum Gasteiger partial charge on any atom is 0.135 e. The Morgan fingerprint density at radius 1 is 0.316 bits per heavy atom. The lowest BCUT2D eigenvalue weighted by molar-refractivity contribution is 0.669. The number of furan rings is 1. The molecule has 0 spiro atoms. The third kappa shape index (κ3) is 5.33. The van der Waals surface area contributed by atoms with Gasteiger partial charge < -0.3 is 9.32 Å². The fourth-order valence-corrected chi connectivity index (χ4v) is 9.18. The average Bonchev–Trinajstić information content (AvgIpc) is 3.81. The Morgan fingerprint density at radius 2 is 0.825 bits per heavy atom. The Kier molecular flexibility index (Phi) is 7.75. The van der Waals surface area contributed by atoms with Gasteiger partial charge in [0.1, 0.15) is 11.2 Å². The second-order valence-electron chi connectivity index (χ2n) is 14.9. The van der Waals surface area contributed by atoms with Crippen molar-refractivity contribution < 1.29 is 4.42 Å². The first-order valence-electron chi connectivity index (χ1n) is 19.6. The standard InChI is InChI=1S/C55H37NO/c1-3-14-38(15-4-1)39-26-31-44(32-27-39)56(46-19-13-16-40(36-46)41-28-35-54-50(37-41)49-22-9-12-25-53(49)57-54)45-33-29-43(30-34-45)55(42-17-5-2-6-18-42)51-23-10-7-20-47(51)48-21-8-11-24-52(48)55/h1-37H. The van der Waals surface area contributed by atoms with Crippen LogP contribution in [0.2, 0.25) is 0 Å². The molecule has 1 aliphatic carbocycles. The largest absolute Gasteiger partial charge is 0.456 e. The van der Waals surface area contributed by atoms with E-state index in [9.17, 15) is 0 Å². The minimum Gasteiger partial charge on any atom is -0.456 e. The molecule has 0 N–H and O–H groups in total. The molecule has 0 bridgehead atoms. The number of anilines is 3. The van der Waals surface area contributed by atoms with Gasteiger partial charge in [0.05, 0.1) is 5.41 Å². The molecule has 57 heavy (non-hydrogen) atoms. The predicted molar refractivity (Wildman–Crippen MR) is 237 cm³/mol. The average molecular weight is 728 g/mol. The topological polar surface area (TPSA) is 16.4 Å². The number of fused-ring (bicyclic) bond motifs is 6. The van der Waals surface area contributed by atoms with Crippen molar-refractivity contribution in [2.45, 2.75) is 5.41 Å². The molecular weight excluding hydrogens is 691 g/mol. The van der Waals surface area contributed by atoms with Crippen molar-refractivity contribution >= 4 is 39.0 Å². The van der Waals surface area contributed by atoms with Gasteiger partial charge in [-0.05, 0) is 110 Å². The summed E-state index contributed by atoms with van der Waals surface area (Å²) in [5.41, 5.74) is 17.0. The molecule has 0 saturated carbocycles. The minimum absolute atomic E-state index is 0.453. The van der Waals surface area contributed by atoms with Gasteiger partial charge in [-0.2, -0.15) is 0 Å². The lowest BCUT2D eigenvalue weighted by Crippen LogP contribution is -2.28. The minimum atomic E-state index is -0.453. The normalized spacial score (nSPS) is 12.7. The fourth-order valence-electron chi connectivity index (χ4n) is 9.18. The molecule has 10 aromatic rings. The molecule has 1 heterocycles. The van der Waals surface area contributed by atoms with Gasteiger partial charge in [-0.3, -0.25) is 0 Å². The van der Waals surface area contributed by atoms with Crippen molar-refractivity contribution in [1.29, 1.82) is 0 Å². The zero-order chi connectivity index (χ0) is 37.8. The number of hydrogen-bond donors (Lipinski definition) is 0. The van der Waals surface area contributed by atoms with Gasteiger partial charge >= 0.3 is 0 Å². The second kappa shape index (κ2) is 13.4. The highest BCUT2D eigenvalue weighted by Gasteiger charge is 2.45. The lowest BCUT2D eigenvalue weighted by Gasteiger charge is -2.34. The number of para-hydroxylation sites is 1. The first-order valence-corrected chi connectivity index (χ1v) is 19.6. The summed E-state index contributed by atoms with van der Waals surface area (Å²) in [6.07, 6.45) is 0. The molecule has 2 heteroatoms. The summed E-state index contributed by atoms with van der Waals surface area (Å²) in [5.74, 6) is 0. The molecule has 0 fully saturated rings. The van der Waals surface area contributed by atoms with E-state index in [4.69, 9.17) is 4.42 Å². The van der Waals surface area contributed by atoms with E-state index in [1.807, 2.05) is 12.1 Å². The van der Waals surface area contributed by atoms with Crippen LogP contribution in [0, 0.1) is 0 Å². The molecule has 0 saturated heterocycles. The Hall–Kier alpha value is -7.42. The fraction of sp³-hybridized carbons (Fsp3) is 0.0182. The molecule has 0 atom stereocenters. The van der Waals surface area contributed by atoms with Crippen LogP contribution in [0.1, 0.15) is 22.3 Å². The van der Waals surface area contributed by atoms with Crippen molar-refractivity contribution in [2.24, 2.45) is 0 Å². The lowest BCUT2D eigenvalue weighted by atomic mass is 9.68. The van der Waals surface area contributed by atoms with E-state index in [1.165, 1.54) is 44.5 Å². The summed E-state index contributed by atoms with van der Waals surface area (Å²) in [6, 6.07) is 81.3.